The third-order valence-corrected chi connectivity index (χ3v) is 1.88. The highest BCUT2D eigenvalue weighted by atomic mass is 19.3. The van der Waals surface area contributed by atoms with Crippen LogP contribution in [0.2, 0.25) is 0 Å². The molecular weight excluding hydrogens is 176 g/mol. The van der Waals surface area contributed by atoms with Crippen molar-refractivity contribution in [2.45, 2.75) is 19.3 Å². The van der Waals surface area contributed by atoms with E-state index in [1.165, 1.54) is 10.8 Å². The van der Waals surface area contributed by atoms with Gasteiger partial charge in [0.2, 0.25) is 0 Å². The molecule has 0 spiro atoms. The number of hydrogen-bond acceptors (Lipinski definition) is 2. The van der Waals surface area contributed by atoms with Gasteiger partial charge in [-0.1, -0.05) is 0 Å². The third-order valence-electron chi connectivity index (χ3n) is 1.88. The normalized spacial score (nSPS) is 12.1. The van der Waals surface area contributed by atoms with E-state index in [1.807, 2.05) is 0 Å². The SMILES string of the molecule is Cn1c(CCN)cnc1C(C)(F)F. The number of hydrogen-bond donors (Lipinski definition) is 1. The van der Waals surface area contributed by atoms with E-state index in [4.69, 9.17) is 5.73 Å². The average molecular weight is 189 g/mol. The van der Waals surface area contributed by atoms with E-state index in [9.17, 15) is 8.78 Å². The zero-order valence-corrected chi connectivity index (χ0v) is 7.72. The van der Waals surface area contributed by atoms with Gasteiger partial charge in [0.05, 0.1) is 0 Å². The van der Waals surface area contributed by atoms with Gasteiger partial charge in [-0.2, -0.15) is 8.78 Å². The standard InChI is InChI=1S/C8H13F2N3/c1-8(9,10)7-12-5-6(3-4-11)13(7)2/h5H,3-4,11H2,1-2H3. The minimum absolute atomic E-state index is 0.212. The summed E-state index contributed by atoms with van der Waals surface area (Å²) >= 11 is 0. The summed E-state index contributed by atoms with van der Waals surface area (Å²) in [7, 11) is 1.57. The molecule has 1 aromatic rings. The van der Waals surface area contributed by atoms with Crippen molar-refractivity contribution in [3.63, 3.8) is 0 Å². The molecule has 0 bridgehead atoms. The maximum atomic E-state index is 12.9. The van der Waals surface area contributed by atoms with Gasteiger partial charge in [0.25, 0.3) is 0 Å². The molecule has 0 radical (unpaired) electrons. The summed E-state index contributed by atoms with van der Waals surface area (Å²) in [6.07, 6.45) is 2.01. The molecule has 0 atom stereocenters. The van der Waals surface area contributed by atoms with E-state index in [-0.39, 0.29) is 5.82 Å². The largest absolute Gasteiger partial charge is 0.330 e. The Labute approximate surface area is 75.6 Å². The van der Waals surface area contributed by atoms with Crippen molar-refractivity contribution in [2.75, 3.05) is 6.54 Å². The first-order valence-electron chi connectivity index (χ1n) is 4.05. The molecule has 2 N–H and O–H groups in total. The van der Waals surface area contributed by atoms with Crippen molar-refractivity contribution in [2.24, 2.45) is 12.8 Å². The maximum Gasteiger partial charge on any atom is 0.302 e. The van der Waals surface area contributed by atoms with E-state index >= 15 is 0 Å². The van der Waals surface area contributed by atoms with Gasteiger partial charge >= 0.3 is 5.92 Å². The first kappa shape index (κ1) is 10.1. The molecule has 0 aliphatic rings. The topological polar surface area (TPSA) is 43.8 Å². The fourth-order valence-electron chi connectivity index (χ4n) is 1.23. The zero-order chi connectivity index (χ0) is 10.1. The lowest BCUT2D eigenvalue weighted by atomic mass is 10.3. The molecule has 0 aliphatic heterocycles. The second kappa shape index (κ2) is 3.41. The molecule has 5 heteroatoms. The smallest absolute Gasteiger partial charge is 0.302 e. The molecule has 0 aromatic carbocycles. The van der Waals surface area contributed by atoms with Crippen LogP contribution in [-0.2, 0) is 19.4 Å². The Morgan fingerprint density at radius 3 is 2.62 bits per heavy atom. The van der Waals surface area contributed by atoms with Crippen molar-refractivity contribution in [3.05, 3.63) is 17.7 Å². The molecule has 3 nitrogen and oxygen atoms in total. The second-order valence-electron chi connectivity index (χ2n) is 3.06. The number of aromatic nitrogens is 2. The fraction of sp³-hybridized carbons (Fsp3) is 0.625. The molecular formula is C8H13F2N3. The molecule has 13 heavy (non-hydrogen) atoms. The molecule has 0 aliphatic carbocycles. The summed E-state index contributed by atoms with van der Waals surface area (Å²) in [5, 5.41) is 0. The van der Waals surface area contributed by atoms with E-state index in [0.29, 0.717) is 13.0 Å². The average Bonchev–Trinajstić information content (AvgIpc) is 2.32. The lowest BCUT2D eigenvalue weighted by molar-refractivity contribution is 0.00485. The second-order valence-corrected chi connectivity index (χ2v) is 3.06. The molecule has 0 amide bonds. The van der Waals surface area contributed by atoms with Crippen LogP contribution >= 0.6 is 0 Å². The zero-order valence-electron chi connectivity index (χ0n) is 7.72. The lowest BCUT2D eigenvalue weighted by Crippen LogP contribution is -2.16. The van der Waals surface area contributed by atoms with Crippen molar-refractivity contribution < 1.29 is 8.78 Å². The van der Waals surface area contributed by atoms with Crippen LogP contribution in [0.5, 0.6) is 0 Å². The number of nitrogens with zero attached hydrogens (tertiary/aromatic N) is 2. The number of imidazole rings is 1. The highest BCUT2D eigenvalue weighted by Crippen LogP contribution is 2.25. The number of alkyl halides is 2. The molecule has 1 aromatic heterocycles. The van der Waals surface area contributed by atoms with E-state index in [2.05, 4.69) is 4.98 Å². The van der Waals surface area contributed by atoms with Gasteiger partial charge in [-0.05, 0) is 6.54 Å². The van der Waals surface area contributed by atoms with Crippen LogP contribution in [0.25, 0.3) is 0 Å². The Hall–Kier alpha value is -0.970. The molecule has 0 saturated carbocycles. The highest BCUT2D eigenvalue weighted by Gasteiger charge is 2.29. The minimum Gasteiger partial charge on any atom is -0.330 e. The van der Waals surface area contributed by atoms with Crippen molar-refractivity contribution >= 4 is 0 Å². The Morgan fingerprint density at radius 2 is 2.23 bits per heavy atom. The van der Waals surface area contributed by atoms with Crippen LogP contribution in [0.15, 0.2) is 6.20 Å². The highest BCUT2D eigenvalue weighted by molar-refractivity contribution is 5.08. The molecule has 1 rings (SSSR count). The minimum atomic E-state index is -2.89. The quantitative estimate of drug-likeness (QED) is 0.771. The fourth-order valence-corrected chi connectivity index (χ4v) is 1.23. The summed E-state index contributed by atoms with van der Waals surface area (Å²) < 4.78 is 27.1. The van der Waals surface area contributed by atoms with Crippen LogP contribution in [-0.4, -0.2) is 16.1 Å². The number of nitrogens with two attached hydrogens (primary N) is 1. The molecule has 74 valence electrons. The molecule has 0 unspecified atom stereocenters. The molecule has 1 heterocycles. The summed E-state index contributed by atoms with van der Waals surface area (Å²) in [5.74, 6) is -3.10. The van der Waals surface area contributed by atoms with Crippen LogP contribution in [0.4, 0.5) is 8.78 Å². The van der Waals surface area contributed by atoms with Crippen molar-refractivity contribution in [3.8, 4) is 0 Å². The van der Waals surface area contributed by atoms with Crippen LogP contribution in [0.3, 0.4) is 0 Å². The van der Waals surface area contributed by atoms with Crippen molar-refractivity contribution in [1.29, 1.82) is 0 Å². The molecule has 0 saturated heterocycles. The summed E-state index contributed by atoms with van der Waals surface area (Å²) in [4.78, 5) is 3.66. The van der Waals surface area contributed by atoms with E-state index in [1.54, 1.807) is 7.05 Å². The first-order chi connectivity index (χ1) is 5.96. The number of halogens is 2. The van der Waals surface area contributed by atoms with Gasteiger partial charge in [-0.3, -0.25) is 0 Å². The van der Waals surface area contributed by atoms with Gasteiger partial charge in [-0.15, -0.1) is 0 Å². The Kier molecular flexibility index (Phi) is 2.66. The maximum absolute atomic E-state index is 12.9. The Balaban J connectivity index is 2.99. The predicted octanol–water partition coefficient (Wildman–Crippen LogP) is 1.03. The summed E-state index contributed by atoms with van der Waals surface area (Å²) in [6.45, 7) is 1.27. The Bertz CT molecular complexity index is 288. The van der Waals surface area contributed by atoms with Gasteiger partial charge in [0, 0.05) is 32.3 Å². The third kappa shape index (κ3) is 2.03. The van der Waals surface area contributed by atoms with Crippen molar-refractivity contribution in [1.82, 2.24) is 9.55 Å². The first-order valence-corrected chi connectivity index (χ1v) is 4.05. The van der Waals surface area contributed by atoms with Crippen LogP contribution < -0.4 is 5.73 Å². The summed E-state index contributed by atoms with van der Waals surface area (Å²) in [6, 6.07) is 0. The van der Waals surface area contributed by atoms with Crippen LogP contribution in [0.1, 0.15) is 18.4 Å². The van der Waals surface area contributed by atoms with Gasteiger partial charge in [-0.25, -0.2) is 4.98 Å². The van der Waals surface area contributed by atoms with E-state index in [0.717, 1.165) is 12.6 Å². The van der Waals surface area contributed by atoms with E-state index < -0.39 is 5.92 Å². The van der Waals surface area contributed by atoms with Gasteiger partial charge in [0.15, 0.2) is 5.82 Å². The summed E-state index contributed by atoms with van der Waals surface area (Å²) in [5.41, 5.74) is 6.05. The van der Waals surface area contributed by atoms with Gasteiger partial charge < -0.3 is 10.3 Å². The van der Waals surface area contributed by atoms with Gasteiger partial charge in [0.1, 0.15) is 0 Å². The molecule has 0 fully saturated rings. The number of rotatable bonds is 3. The monoisotopic (exact) mass is 189 g/mol. The predicted molar refractivity (Wildman–Crippen MR) is 45.5 cm³/mol. The lowest BCUT2D eigenvalue weighted by Gasteiger charge is -2.10. The Morgan fingerprint density at radius 1 is 1.62 bits per heavy atom. The van der Waals surface area contributed by atoms with Crippen LogP contribution in [0, 0.1) is 0 Å².